The Morgan fingerprint density at radius 1 is 1.06 bits per heavy atom. The second-order valence-corrected chi connectivity index (χ2v) is 8.93. The third kappa shape index (κ3) is 5.37. The molecule has 2 aromatic carbocycles. The van der Waals surface area contributed by atoms with Crippen molar-refractivity contribution >= 4 is 17.5 Å². The molecule has 6 nitrogen and oxygen atoms in total. The zero-order valence-corrected chi connectivity index (χ0v) is 19.0. The van der Waals surface area contributed by atoms with Crippen LogP contribution in [0.25, 0.3) is 0 Å². The molecule has 0 bridgehead atoms. The van der Waals surface area contributed by atoms with Crippen molar-refractivity contribution in [2.75, 3.05) is 32.2 Å². The topological polar surface area (TPSA) is 67.9 Å². The van der Waals surface area contributed by atoms with Gasteiger partial charge in [0, 0.05) is 25.2 Å². The summed E-state index contributed by atoms with van der Waals surface area (Å²) >= 11 is 0. The van der Waals surface area contributed by atoms with Gasteiger partial charge in [-0.1, -0.05) is 39.0 Å². The van der Waals surface area contributed by atoms with Gasteiger partial charge in [0.2, 0.25) is 11.8 Å². The lowest BCUT2D eigenvalue weighted by atomic mass is 9.87. The van der Waals surface area contributed by atoms with E-state index < -0.39 is 0 Å². The van der Waals surface area contributed by atoms with Crippen LogP contribution in [0.1, 0.15) is 38.3 Å². The van der Waals surface area contributed by atoms with Crippen LogP contribution < -0.4 is 19.7 Å². The molecule has 1 saturated heterocycles. The molecule has 1 fully saturated rings. The van der Waals surface area contributed by atoms with Crippen LogP contribution in [-0.4, -0.2) is 39.1 Å². The summed E-state index contributed by atoms with van der Waals surface area (Å²) in [6.45, 7) is 7.39. The highest BCUT2D eigenvalue weighted by molar-refractivity contribution is 6.00. The molecule has 0 aliphatic carbocycles. The maximum Gasteiger partial charge on any atom is 0.227 e. The standard InChI is InChI=1S/C25H32N2O4/c1-25(2,3)19-7-9-20(10-8-19)27-16-18(15-23(27)28)24(29)26-13-12-17-6-11-21(30-4)22(14-17)31-5/h6-11,14,18H,12-13,15-16H2,1-5H3,(H,26,29)/t18-/m0/s1. The van der Waals surface area contributed by atoms with Crippen molar-refractivity contribution in [2.45, 2.75) is 39.0 Å². The van der Waals surface area contributed by atoms with E-state index in [9.17, 15) is 9.59 Å². The number of ether oxygens (including phenoxy) is 2. The molecule has 2 amide bonds. The van der Waals surface area contributed by atoms with Crippen molar-refractivity contribution in [1.29, 1.82) is 0 Å². The number of rotatable bonds is 7. The van der Waals surface area contributed by atoms with Crippen molar-refractivity contribution in [2.24, 2.45) is 5.92 Å². The summed E-state index contributed by atoms with van der Waals surface area (Å²) in [7, 11) is 3.20. The predicted molar refractivity (Wildman–Crippen MR) is 122 cm³/mol. The highest BCUT2D eigenvalue weighted by Crippen LogP contribution is 2.29. The number of methoxy groups -OCH3 is 2. The lowest BCUT2D eigenvalue weighted by molar-refractivity contribution is -0.126. The van der Waals surface area contributed by atoms with Gasteiger partial charge in [-0.15, -0.1) is 0 Å². The lowest BCUT2D eigenvalue weighted by Crippen LogP contribution is -2.34. The molecular weight excluding hydrogens is 392 g/mol. The van der Waals surface area contributed by atoms with E-state index in [2.05, 4.69) is 38.2 Å². The molecule has 3 rings (SSSR count). The van der Waals surface area contributed by atoms with Crippen molar-refractivity contribution in [3.8, 4) is 11.5 Å². The predicted octanol–water partition coefficient (Wildman–Crippen LogP) is 3.71. The second kappa shape index (κ2) is 9.41. The van der Waals surface area contributed by atoms with Crippen LogP contribution in [0.5, 0.6) is 11.5 Å². The van der Waals surface area contributed by atoms with Crippen LogP contribution in [0, 0.1) is 5.92 Å². The molecule has 0 spiro atoms. The van der Waals surface area contributed by atoms with Crippen molar-refractivity contribution in [3.05, 3.63) is 53.6 Å². The van der Waals surface area contributed by atoms with Crippen LogP contribution in [0.4, 0.5) is 5.69 Å². The Morgan fingerprint density at radius 2 is 1.74 bits per heavy atom. The molecule has 6 heteroatoms. The Bertz CT molecular complexity index is 932. The fraction of sp³-hybridized carbons (Fsp3) is 0.440. The number of amides is 2. The van der Waals surface area contributed by atoms with E-state index in [-0.39, 0.29) is 29.6 Å². The summed E-state index contributed by atoms with van der Waals surface area (Å²) in [4.78, 5) is 26.9. The largest absolute Gasteiger partial charge is 0.493 e. The van der Waals surface area contributed by atoms with E-state index in [1.54, 1.807) is 19.1 Å². The van der Waals surface area contributed by atoms with E-state index in [1.807, 2.05) is 30.3 Å². The first kappa shape index (κ1) is 22.7. The summed E-state index contributed by atoms with van der Waals surface area (Å²) in [5.74, 6) is 0.919. The van der Waals surface area contributed by atoms with Gasteiger partial charge >= 0.3 is 0 Å². The molecule has 1 heterocycles. The number of nitrogens with one attached hydrogen (secondary N) is 1. The Kier molecular flexibility index (Phi) is 6.88. The molecule has 166 valence electrons. The van der Waals surface area contributed by atoms with E-state index >= 15 is 0 Å². The lowest BCUT2D eigenvalue weighted by Gasteiger charge is -2.21. The molecule has 2 aromatic rings. The molecular formula is C25H32N2O4. The summed E-state index contributed by atoms with van der Waals surface area (Å²) < 4.78 is 10.6. The fourth-order valence-corrected chi connectivity index (χ4v) is 3.78. The first-order valence-corrected chi connectivity index (χ1v) is 10.6. The second-order valence-electron chi connectivity index (χ2n) is 8.93. The zero-order chi connectivity index (χ0) is 22.6. The molecule has 1 atom stereocenters. The zero-order valence-electron chi connectivity index (χ0n) is 19.0. The number of carbonyl (C=O) groups excluding carboxylic acids is 2. The van der Waals surface area contributed by atoms with E-state index in [0.717, 1.165) is 11.3 Å². The van der Waals surface area contributed by atoms with Crippen LogP contribution in [0.3, 0.4) is 0 Å². The van der Waals surface area contributed by atoms with Gasteiger partial charge in [0.05, 0.1) is 20.1 Å². The maximum atomic E-state index is 12.6. The normalized spacial score (nSPS) is 16.4. The Balaban J connectivity index is 1.54. The minimum atomic E-state index is -0.333. The highest BCUT2D eigenvalue weighted by atomic mass is 16.5. The summed E-state index contributed by atoms with van der Waals surface area (Å²) in [5.41, 5.74) is 3.16. The van der Waals surface area contributed by atoms with E-state index in [0.29, 0.717) is 31.0 Å². The summed E-state index contributed by atoms with van der Waals surface area (Å²) in [6.07, 6.45) is 0.911. The SMILES string of the molecule is COc1ccc(CCNC(=O)[C@H]2CC(=O)N(c3ccc(C(C)(C)C)cc3)C2)cc1OC. The summed E-state index contributed by atoms with van der Waals surface area (Å²) in [6, 6.07) is 13.8. The molecule has 0 saturated carbocycles. The van der Waals surface area contributed by atoms with Gasteiger partial charge in [0.15, 0.2) is 11.5 Å². The Hall–Kier alpha value is -3.02. The van der Waals surface area contributed by atoms with Gasteiger partial charge in [-0.2, -0.15) is 0 Å². The van der Waals surface area contributed by atoms with E-state index in [4.69, 9.17) is 9.47 Å². The average Bonchev–Trinajstić information content (AvgIpc) is 3.14. The molecule has 1 aliphatic heterocycles. The first-order valence-electron chi connectivity index (χ1n) is 10.6. The molecule has 0 unspecified atom stereocenters. The van der Waals surface area contributed by atoms with Gasteiger partial charge in [0.25, 0.3) is 0 Å². The monoisotopic (exact) mass is 424 g/mol. The quantitative estimate of drug-likeness (QED) is 0.736. The number of benzene rings is 2. The minimum absolute atomic E-state index is 0.0106. The molecule has 0 aromatic heterocycles. The van der Waals surface area contributed by atoms with Gasteiger partial charge in [0.1, 0.15) is 0 Å². The Labute approximate surface area is 184 Å². The number of hydrogen-bond donors (Lipinski definition) is 1. The molecule has 1 aliphatic rings. The molecule has 31 heavy (non-hydrogen) atoms. The van der Waals surface area contributed by atoms with Crippen molar-refractivity contribution in [3.63, 3.8) is 0 Å². The van der Waals surface area contributed by atoms with Crippen LogP contribution in [0.2, 0.25) is 0 Å². The molecule has 1 N–H and O–H groups in total. The van der Waals surface area contributed by atoms with Gasteiger partial charge in [-0.25, -0.2) is 0 Å². The van der Waals surface area contributed by atoms with Crippen LogP contribution >= 0.6 is 0 Å². The maximum absolute atomic E-state index is 12.6. The minimum Gasteiger partial charge on any atom is -0.493 e. The highest BCUT2D eigenvalue weighted by Gasteiger charge is 2.35. The van der Waals surface area contributed by atoms with E-state index in [1.165, 1.54) is 5.56 Å². The number of hydrogen-bond acceptors (Lipinski definition) is 4. The van der Waals surface area contributed by atoms with Crippen molar-refractivity contribution in [1.82, 2.24) is 5.32 Å². The van der Waals surface area contributed by atoms with Crippen molar-refractivity contribution < 1.29 is 19.1 Å². The third-order valence-corrected chi connectivity index (χ3v) is 5.70. The third-order valence-electron chi connectivity index (χ3n) is 5.70. The molecule has 0 radical (unpaired) electrons. The number of anilines is 1. The van der Waals surface area contributed by atoms with Gasteiger partial charge < -0.3 is 19.7 Å². The van der Waals surface area contributed by atoms with Crippen LogP contribution in [0.15, 0.2) is 42.5 Å². The van der Waals surface area contributed by atoms with Crippen LogP contribution in [-0.2, 0) is 21.4 Å². The smallest absolute Gasteiger partial charge is 0.227 e. The summed E-state index contributed by atoms with van der Waals surface area (Å²) in [5, 5.41) is 2.97. The number of nitrogens with zero attached hydrogens (tertiary/aromatic N) is 1. The van der Waals surface area contributed by atoms with Gasteiger partial charge in [-0.3, -0.25) is 9.59 Å². The average molecular weight is 425 g/mol. The first-order chi connectivity index (χ1) is 14.7. The number of carbonyl (C=O) groups is 2. The fourth-order valence-electron chi connectivity index (χ4n) is 3.78. The Morgan fingerprint density at radius 3 is 2.35 bits per heavy atom. The van der Waals surface area contributed by atoms with Gasteiger partial charge in [-0.05, 0) is 47.2 Å².